The number of carbonyl (C=O) groups is 2. The van der Waals surface area contributed by atoms with Gasteiger partial charge in [0.25, 0.3) is 5.91 Å². The molecule has 1 aromatic carbocycles. The smallest absolute Gasteiger partial charge is 0.338 e. The topological polar surface area (TPSA) is 90.3 Å². The largest absolute Gasteiger partial charge is 0.462 e. The summed E-state index contributed by atoms with van der Waals surface area (Å²) < 4.78 is 6.71. The van der Waals surface area contributed by atoms with Crippen LogP contribution in [0.3, 0.4) is 0 Å². The van der Waals surface area contributed by atoms with Gasteiger partial charge in [0.05, 0.1) is 17.6 Å². The number of nitrogens with one attached hydrogen (secondary N) is 1. The predicted molar refractivity (Wildman–Crippen MR) is 107 cm³/mol. The number of carbonyl (C=O) groups excluding carboxylic acids is 2. The highest BCUT2D eigenvalue weighted by Crippen LogP contribution is 2.14. The quantitative estimate of drug-likeness (QED) is 0.688. The van der Waals surface area contributed by atoms with Gasteiger partial charge in [0.2, 0.25) is 5.43 Å². The first-order valence-electron chi connectivity index (χ1n) is 9.04. The van der Waals surface area contributed by atoms with E-state index >= 15 is 0 Å². The van der Waals surface area contributed by atoms with Gasteiger partial charge in [0.1, 0.15) is 11.2 Å². The number of nitrogens with zero attached hydrogens (tertiary/aromatic N) is 2. The molecular formula is C21H21N3O4. The SMILES string of the molecule is CCOC(=O)c1ccc(NC(=O)c2cn(CC)c3nc(C)ccc3c2=O)cc1. The van der Waals surface area contributed by atoms with E-state index in [-0.39, 0.29) is 17.6 Å². The van der Waals surface area contributed by atoms with Crippen LogP contribution in [0.15, 0.2) is 47.4 Å². The number of ether oxygens (including phenoxy) is 1. The number of benzene rings is 1. The van der Waals surface area contributed by atoms with E-state index in [1.165, 1.54) is 6.20 Å². The van der Waals surface area contributed by atoms with Crippen molar-refractivity contribution in [2.45, 2.75) is 27.3 Å². The van der Waals surface area contributed by atoms with Crippen LogP contribution in [0.1, 0.15) is 40.3 Å². The molecule has 28 heavy (non-hydrogen) atoms. The second-order valence-electron chi connectivity index (χ2n) is 6.23. The average Bonchev–Trinajstić information content (AvgIpc) is 2.69. The highest BCUT2D eigenvalue weighted by Gasteiger charge is 2.16. The molecule has 0 bridgehead atoms. The first-order valence-corrected chi connectivity index (χ1v) is 9.04. The Labute approximate surface area is 162 Å². The van der Waals surface area contributed by atoms with Crippen LogP contribution < -0.4 is 10.7 Å². The normalized spacial score (nSPS) is 10.7. The maximum Gasteiger partial charge on any atom is 0.338 e. The average molecular weight is 379 g/mol. The van der Waals surface area contributed by atoms with Crippen molar-refractivity contribution in [2.75, 3.05) is 11.9 Å². The molecule has 3 rings (SSSR count). The van der Waals surface area contributed by atoms with Crippen LogP contribution in [0, 0.1) is 6.92 Å². The Balaban J connectivity index is 1.91. The standard InChI is InChI=1S/C21H21N3O4/c1-4-24-12-17(18(25)16-11-6-13(3)22-19(16)24)20(26)23-15-9-7-14(8-10-15)21(27)28-5-2/h6-12H,4-5H2,1-3H3,(H,23,26). The van der Waals surface area contributed by atoms with Crippen LogP contribution in [0.4, 0.5) is 5.69 Å². The Kier molecular flexibility index (Phi) is 5.54. The second-order valence-corrected chi connectivity index (χ2v) is 6.23. The highest BCUT2D eigenvalue weighted by molar-refractivity contribution is 6.05. The van der Waals surface area contributed by atoms with Crippen molar-refractivity contribution in [3.05, 3.63) is 69.6 Å². The van der Waals surface area contributed by atoms with Crippen LogP contribution in [0.2, 0.25) is 0 Å². The monoisotopic (exact) mass is 379 g/mol. The minimum absolute atomic E-state index is 0.0365. The lowest BCUT2D eigenvalue weighted by Crippen LogP contribution is -2.24. The number of anilines is 1. The number of esters is 1. The third kappa shape index (κ3) is 3.78. The number of amides is 1. The first kappa shape index (κ1) is 19.3. The molecule has 0 atom stereocenters. The van der Waals surface area contributed by atoms with Gasteiger partial charge in [-0.25, -0.2) is 9.78 Å². The Morgan fingerprint density at radius 3 is 2.46 bits per heavy atom. The van der Waals surface area contributed by atoms with E-state index in [0.29, 0.717) is 28.8 Å². The molecule has 0 unspecified atom stereocenters. The van der Waals surface area contributed by atoms with Crippen molar-refractivity contribution in [3.8, 4) is 0 Å². The van der Waals surface area contributed by atoms with E-state index in [9.17, 15) is 14.4 Å². The number of pyridine rings is 2. The number of aromatic nitrogens is 2. The zero-order valence-electron chi connectivity index (χ0n) is 16.0. The van der Waals surface area contributed by atoms with Gasteiger partial charge in [-0.05, 0) is 57.2 Å². The van der Waals surface area contributed by atoms with E-state index in [0.717, 1.165) is 5.69 Å². The summed E-state index contributed by atoms with van der Waals surface area (Å²) in [4.78, 5) is 41.6. The van der Waals surface area contributed by atoms with E-state index in [4.69, 9.17) is 4.74 Å². The van der Waals surface area contributed by atoms with Crippen LogP contribution in [-0.2, 0) is 11.3 Å². The third-order valence-electron chi connectivity index (χ3n) is 4.30. The molecule has 1 N–H and O–H groups in total. The predicted octanol–water partition coefficient (Wildman–Crippen LogP) is 3.15. The van der Waals surface area contributed by atoms with Gasteiger partial charge >= 0.3 is 5.97 Å². The molecule has 0 aliphatic carbocycles. The molecule has 3 aromatic rings. The van der Waals surface area contributed by atoms with Crippen molar-refractivity contribution in [2.24, 2.45) is 0 Å². The maximum absolute atomic E-state index is 12.8. The molecule has 144 valence electrons. The summed E-state index contributed by atoms with van der Waals surface area (Å²) >= 11 is 0. The van der Waals surface area contributed by atoms with Gasteiger partial charge in [0, 0.05) is 24.1 Å². The van der Waals surface area contributed by atoms with Crippen LogP contribution in [0.25, 0.3) is 11.0 Å². The lowest BCUT2D eigenvalue weighted by atomic mass is 10.1. The van der Waals surface area contributed by atoms with Crippen molar-refractivity contribution >= 4 is 28.6 Å². The van der Waals surface area contributed by atoms with Gasteiger partial charge in [-0.3, -0.25) is 9.59 Å². The molecule has 1 amide bonds. The number of aryl methyl sites for hydroxylation is 2. The van der Waals surface area contributed by atoms with Crippen LogP contribution >= 0.6 is 0 Å². The fraction of sp³-hybridized carbons (Fsp3) is 0.238. The van der Waals surface area contributed by atoms with E-state index in [1.807, 2.05) is 13.8 Å². The molecule has 0 saturated heterocycles. The first-order chi connectivity index (χ1) is 13.4. The molecule has 7 nitrogen and oxygen atoms in total. The molecule has 0 fully saturated rings. The molecule has 2 heterocycles. The van der Waals surface area contributed by atoms with Gasteiger partial charge in [-0.2, -0.15) is 0 Å². The van der Waals surface area contributed by atoms with Gasteiger partial charge < -0.3 is 14.6 Å². The summed E-state index contributed by atoms with van der Waals surface area (Å²) in [6.07, 6.45) is 1.53. The number of hydrogen-bond acceptors (Lipinski definition) is 5. The molecule has 0 radical (unpaired) electrons. The van der Waals surface area contributed by atoms with Gasteiger partial charge in [0.15, 0.2) is 0 Å². The molecule has 0 saturated carbocycles. The number of hydrogen-bond donors (Lipinski definition) is 1. The Bertz CT molecular complexity index is 1100. The minimum atomic E-state index is -0.515. The Morgan fingerprint density at radius 2 is 1.82 bits per heavy atom. The lowest BCUT2D eigenvalue weighted by Gasteiger charge is -2.12. The summed E-state index contributed by atoms with van der Waals surface area (Å²) in [6, 6.07) is 9.75. The van der Waals surface area contributed by atoms with E-state index in [1.54, 1.807) is 47.9 Å². The number of rotatable bonds is 5. The van der Waals surface area contributed by atoms with E-state index < -0.39 is 11.9 Å². The van der Waals surface area contributed by atoms with Crippen LogP contribution in [-0.4, -0.2) is 28.0 Å². The fourth-order valence-corrected chi connectivity index (χ4v) is 2.87. The molecule has 7 heteroatoms. The summed E-state index contributed by atoms with van der Waals surface area (Å²) in [5, 5.41) is 3.10. The second kappa shape index (κ2) is 8.04. The molecule has 0 aliphatic rings. The van der Waals surface area contributed by atoms with Crippen molar-refractivity contribution in [3.63, 3.8) is 0 Å². The lowest BCUT2D eigenvalue weighted by molar-refractivity contribution is 0.0526. The third-order valence-corrected chi connectivity index (χ3v) is 4.30. The zero-order chi connectivity index (χ0) is 20.3. The Hall–Kier alpha value is -3.48. The number of fused-ring (bicyclic) bond motifs is 1. The highest BCUT2D eigenvalue weighted by atomic mass is 16.5. The summed E-state index contributed by atoms with van der Waals surface area (Å²) in [5.41, 5.74) is 1.89. The summed E-state index contributed by atoms with van der Waals surface area (Å²) in [5.74, 6) is -0.943. The summed E-state index contributed by atoms with van der Waals surface area (Å²) in [7, 11) is 0. The van der Waals surface area contributed by atoms with Crippen molar-refractivity contribution in [1.29, 1.82) is 0 Å². The Morgan fingerprint density at radius 1 is 1.11 bits per heavy atom. The van der Waals surface area contributed by atoms with Crippen LogP contribution in [0.5, 0.6) is 0 Å². The minimum Gasteiger partial charge on any atom is -0.462 e. The fourth-order valence-electron chi connectivity index (χ4n) is 2.87. The molecule has 0 spiro atoms. The molecular weight excluding hydrogens is 358 g/mol. The van der Waals surface area contributed by atoms with Crippen molar-refractivity contribution in [1.82, 2.24) is 9.55 Å². The van der Waals surface area contributed by atoms with Gasteiger partial charge in [-0.1, -0.05) is 0 Å². The molecule has 0 aliphatic heterocycles. The van der Waals surface area contributed by atoms with E-state index in [2.05, 4.69) is 10.3 Å². The zero-order valence-corrected chi connectivity index (χ0v) is 16.0. The maximum atomic E-state index is 12.8. The van der Waals surface area contributed by atoms with Crippen molar-refractivity contribution < 1.29 is 14.3 Å². The van der Waals surface area contributed by atoms with Gasteiger partial charge in [-0.15, -0.1) is 0 Å². The summed E-state index contributed by atoms with van der Waals surface area (Å²) in [6.45, 7) is 6.36. The molecule has 2 aromatic heterocycles.